The minimum Gasteiger partial charge on any atom is -0.481 e. The lowest BCUT2D eigenvalue weighted by molar-refractivity contribution is -0.140. The number of hydrogen-bond donors (Lipinski definition) is 2. The summed E-state index contributed by atoms with van der Waals surface area (Å²) in [5, 5.41) is 8.55. The molecule has 5 nitrogen and oxygen atoms in total. The van der Waals surface area contributed by atoms with Crippen LogP contribution in [-0.2, 0) is 9.59 Å². The molecule has 0 heterocycles. The van der Waals surface area contributed by atoms with Crippen molar-refractivity contribution in [2.75, 3.05) is 13.6 Å². The van der Waals surface area contributed by atoms with Crippen LogP contribution in [0.3, 0.4) is 0 Å². The van der Waals surface area contributed by atoms with E-state index in [9.17, 15) is 9.59 Å². The van der Waals surface area contributed by atoms with Crippen molar-refractivity contribution in [2.24, 2.45) is 5.73 Å². The highest BCUT2D eigenvalue weighted by molar-refractivity contribution is 5.86. The summed E-state index contributed by atoms with van der Waals surface area (Å²) < 4.78 is 0. The summed E-state index contributed by atoms with van der Waals surface area (Å²) in [6, 6.07) is 0. The quantitative estimate of drug-likeness (QED) is 0.737. The van der Waals surface area contributed by atoms with Crippen LogP contribution in [0.1, 0.15) is 38.5 Å². The zero-order chi connectivity index (χ0) is 12.2. The Morgan fingerprint density at radius 2 is 1.88 bits per heavy atom. The van der Waals surface area contributed by atoms with E-state index in [0.29, 0.717) is 12.8 Å². The minimum atomic E-state index is -0.894. The Bertz CT molecular complexity index is 272. The molecule has 92 valence electrons. The van der Waals surface area contributed by atoms with Gasteiger partial charge in [-0.1, -0.05) is 19.3 Å². The van der Waals surface area contributed by atoms with E-state index in [4.69, 9.17) is 10.8 Å². The lowest BCUT2D eigenvalue weighted by atomic mass is 9.81. The van der Waals surface area contributed by atoms with Gasteiger partial charge in [0.15, 0.2) is 0 Å². The molecule has 1 aliphatic rings. The third kappa shape index (κ3) is 3.20. The molecule has 1 aliphatic carbocycles. The van der Waals surface area contributed by atoms with Gasteiger partial charge in [0.2, 0.25) is 5.91 Å². The molecule has 0 bridgehead atoms. The number of nitrogens with two attached hydrogens (primary N) is 1. The van der Waals surface area contributed by atoms with Crippen molar-refractivity contribution in [3.63, 3.8) is 0 Å². The second-order valence-corrected chi connectivity index (χ2v) is 4.59. The van der Waals surface area contributed by atoms with E-state index in [0.717, 1.165) is 19.3 Å². The average Bonchev–Trinajstić information content (AvgIpc) is 2.25. The highest BCUT2D eigenvalue weighted by Crippen LogP contribution is 2.27. The molecule has 1 rings (SSSR count). The maximum absolute atomic E-state index is 12.0. The van der Waals surface area contributed by atoms with Crippen LogP contribution in [0.25, 0.3) is 0 Å². The summed E-state index contributed by atoms with van der Waals surface area (Å²) in [7, 11) is 1.62. The van der Waals surface area contributed by atoms with Crippen LogP contribution in [0.4, 0.5) is 0 Å². The van der Waals surface area contributed by atoms with Gasteiger partial charge in [-0.2, -0.15) is 0 Å². The van der Waals surface area contributed by atoms with Crippen molar-refractivity contribution in [3.8, 4) is 0 Å². The molecular weight excluding hydrogens is 208 g/mol. The maximum Gasteiger partial charge on any atom is 0.305 e. The zero-order valence-electron chi connectivity index (χ0n) is 9.74. The zero-order valence-corrected chi connectivity index (χ0v) is 9.74. The molecule has 0 aromatic carbocycles. The third-order valence-electron chi connectivity index (χ3n) is 3.18. The highest BCUT2D eigenvalue weighted by Gasteiger charge is 2.37. The number of aliphatic carboxylic acids is 1. The van der Waals surface area contributed by atoms with Gasteiger partial charge in [-0.05, 0) is 12.8 Å². The summed E-state index contributed by atoms with van der Waals surface area (Å²) in [6.07, 6.45) is 4.49. The van der Waals surface area contributed by atoms with E-state index >= 15 is 0 Å². The fraction of sp³-hybridized carbons (Fsp3) is 0.818. The number of nitrogens with zero attached hydrogens (tertiary/aromatic N) is 1. The first-order valence-corrected chi connectivity index (χ1v) is 5.72. The number of carbonyl (C=O) groups excluding carboxylic acids is 1. The summed E-state index contributed by atoms with van der Waals surface area (Å²) in [4.78, 5) is 23.9. The van der Waals surface area contributed by atoms with E-state index in [2.05, 4.69) is 0 Å². The van der Waals surface area contributed by atoms with Crippen molar-refractivity contribution in [1.29, 1.82) is 0 Å². The lowest BCUT2D eigenvalue weighted by Crippen LogP contribution is -2.55. The number of amides is 1. The van der Waals surface area contributed by atoms with E-state index in [-0.39, 0.29) is 18.9 Å². The van der Waals surface area contributed by atoms with Crippen molar-refractivity contribution in [3.05, 3.63) is 0 Å². The van der Waals surface area contributed by atoms with Gasteiger partial charge in [-0.25, -0.2) is 0 Å². The molecule has 3 N–H and O–H groups in total. The molecule has 5 heteroatoms. The van der Waals surface area contributed by atoms with Crippen LogP contribution in [0.5, 0.6) is 0 Å². The molecule has 1 fully saturated rings. The predicted molar refractivity (Wildman–Crippen MR) is 59.9 cm³/mol. The van der Waals surface area contributed by atoms with E-state index < -0.39 is 11.5 Å². The Kier molecular flexibility index (Phi) is 4.29. The Balaban J connectivity index is 2.51. The van der Waals surface area contributed by atoms with Crippen LogP contribution in [0, 0.1) is 0 Å². The SMILES string of the molecule is CN(CCC(=O)O)C(=O)C1(N)CCCCC1. The van der Waals surface area contributed by atoms with E-state index in [1.807, 2.05) is 0 Å². The van der Waals surface area contributed by atoms with E-state index in [1.54, 1.807) is 7.05 Å². The van der Waals surface area contributed by atoms with Crippen LogP contribution in [0.15, 0.2) is 0 Å². The van der Waals surface area contributed by atoms with Gasteiger partial charge in [0.05, 0.1) is 12.0 Å². The molecule has 0 spiro atoms. The molecule has 1 amide bonds. The highest BCUT2D eigenvalue weighted by atomic mass is 16.4. The van der Waals surface area contributed by atoms with Gasteiger partial charge in [0, 0.05) is 13.6 Å². The fourth-order valence-corrected chi connectivity index (χ4v) is 2.14. The van der Waals surface area contributed by atoms with Crippen molar-refractivity contribution < 1.29 is 14.7 Å². The van der Waals surface area contributed by atoms with Gasteiger partial charge in [-0.3, -0.25) is 9.59 Å². The molecule has 0 atom stereocenters. The summed E-state index contributed by atoms with van der Waals surface area (Å²) in [6.45, 7) is 0.229. The monoisotopic (exact) mass is 228 g/mol. The van der Waals surface area contributed by atoms with Gasteiger partial charge < -0.3 is 15.7 Å². The molecule has 0 aromatic heterocycles. The van der Waals surface area contributed by atoms with Crippen LogP contribution in [-0.4, -0.2) is 41.0 Å². The normalized spacial score (nSPS) is 19.1. The summed E-state index contributed by atoms with van der Waals surface area (Å²) in [5.74, 6) is -1.01. The number of likely N-dealkylation sites (N-methyl/N-ethyl adjacent to an activating group) is 1. The smallest absolute Gasteiger partial charge is 0.305 e. The van der Waals surface area contributed by atoms with Gasteiger partial charge in [0.1, 0.15) is 0 Å². The van der Waals surface area contributed by atoms with Crippen LogP contribution < -0.4 is 5.73 Å². The standard InChI is InChI=1S/C11H20N2O3/c1-13(8-5-9(14)15)10(16)11(12)6-3-2-4-7-11/h2-8,12H2,1H3,(H,14,15). The first-order valence-electron chi connectivity index (χ1n) is 5.72. The minimum absolute atomic E-state index is 0.0294. The average molecular weight is 228 g/mol. The Hall–Kier alpha value is -1.10. The molecule has 1 saturated carbocycles. The van der Waals surface area contributed by atoms with Crippen LogP contribution in [0.2, 0.25) is 0 Å². The first kappa shape index (κ1) is 13.0. The summed E-state index contributed by atoms with van der Waals surface area (Å²) in [5.41, 5.74) is 5.31. The topological polar surface area (TPSA) is 83.6 Å². The number of carbonyl (C=O) groups is 2. The molecule has 0 aromatic rings. The lowest BCUT2D eigenvalue weighted by Gasteiger charge is -2.35. The summed E-state index contributed by atoms with van der Waals surface area (Å²) >= 11 is 0. The number of carboxylic acids is 1. The fourth-order valence-electron chi connectivity index (χ4n) is 2.14. The third-order valence-corrected chi connectivity index (χ3v) is 3.18. The largest absolute Gasteiger partial charge is 0.481 e. The second kappa shape index (κ2) is 5.30. The van der Waals surface area contributed by atoms with E-state index in [1.165, 1.54) is 4.90 Å². The Labute approximate surface area is 95.6 Å². The van der Waals surface area contributed by atoms with Gasteiger partial charge in [-0.15, -0.1) is 0 Å². The number of rotatable bonds is 4. The molecule has 16 heavy (non-hydrogen) atoms. The number of carboxylic acid groups (broad SMARTS) is 1. The molecule has 0 radical (unpaired) electrons. The molecule has 0 aliphatic heterocycles. The molecule has 0 unspecified atom stereocenters. The van der Waals surface area contributed by atoms with Gasteiger partial charge in [0.25, 0.3) is 0 Å². The van der Waals surface area contributed by atoms with Crippen LogP contribution >= 0.6 is 0 Å². The Morgan fingerprint density at radius 3 is 2.38 bits per heavy atom. The Morgan fingerprint density at radius 1 is 1.31 bits per heavy atom. The number of hydrogen-bond acceptors (Lipinski definition) is 3. The van der Waals surface area contributed by atoms with Gasteiger partial charge >= 0.3 is 5.97 Å². The predicted octanol–water partition coefficient (Wildman–Crippen LogP) is 0.581. The molecular formula is C11H20N2O3. The second-order valence-electron chi connectivity index (χ2n) is 4.59. The van der Waals surface area contributed by atoms with Crippen molar-refractivity contribution in [1.82, 2.24) is 4.90 Å². The molecule has 0 saturated heterocycles. The van der Waals surface area contributed by atoms with Crippen molar-refractivity contribution >= 4 is 11.9 Å². The van der Waals surface area contributed by atoms with Crippen molar-refractivity contribution in [2.45, 2.75) is 44.1 Å². The maximum atomic E-state index is 12.0. The first-order chi connectivity index (χ1) is 7.46.